The van der Waals surface area contributed by atoms with E-state index in [0.717, 1.165) is 41.0 Å². The summed E-state index contributed by atoms with van der Waals surface area (Å²) in [7, 11) is 0. The Kier molecular flexibility index (Phi) is 6.15. The maximum absolute atomic E-state index is 15.0. The third-order valence-electron chi connectivity index (χ3n) is 7.36. The zero-order valence-electron chi connectivity index (χ0n) is 20.7. The zero-order chi connectivity index (χ0) is 27.5. The van der Waals surface area contributed by atoms with E-state index >= 15 is 8.78 Å². The van der Waals surface area contributed by atoms with Gasteiger partial charge in [-0.15, -0.1) is 0 Å². The molecular weight excluding hydrogens is 507 g/mol. The molecule has 0 unspecified atom stereocenters. The van der Waals surface area contributed by atoms with Gasteiger partial charge < -0.3 is 9.88 Å². The van der Waals surface area contributed by atoms with Gasteiger partial charge in [0.25, 0.3) is 11.5 Å². The number of H-pyrrole nitrogens is 1. The van der Waals surface area contributed by atoms with E-state index in [1.165, 1.54) is 0 Å². The van der Waals surface area contributed by atoms with Gasteiger partial charge in [-0.25, -0.2) is 4.98 Å². The van der Waals surface area contributed by atoms with E-state index in [2.05, 4.69) is 34.9 Å². The van der Waals surface area contributed by atoms with Crippen molar-refractivity contribution in [2.45, 2.75) is 63.1 Å². The van der Waals surface area contributed by atoms with Gasteiger partial charge in [0.2, 0.25) is 0 Å². The Balaban J connectivity index is 1.41. The molecule has 5 rings (SSSR count). The van der Waals surface area contributed by atoms with Gasteiger partial charge in [-0.2, -0.15) is 22.0 Å². The minimum atomic E-state index is -4.83. The number of nitrogens with one attached hydrogen (secondary N) is 1. The smallest absolute Gasteiger partial charge is 0.332 e. The van der Waals surface area contributed by atoms with E-state index in [4.69, 9.17) is 0 Å². The molecule has 0 radical (unpaired) electrons. The molecule has 38 heavy (non-hydrogen) atoms. The van der Waals surface area contributed by atoms with Crippen LogP contribution in [0.1, 0.15) is 71.9 Å². The number of pyridine rings is 1. The van der Waals surface area contributed by atoms with Crippen molar-refractivity contribution in [1.29, 1.82) is 0 Å². The maximum atomic E-state index is 15.0. The van der Waals surface area contributed by atoms with E-state index in [-0.39, 0.29) is 30.5 Å². The monoisotopic (exact) mass is 532 g/mol. The number of halogens is 5. The molecule has 2 aliphatic rings. The fraction of sp³-hybridized carbons (Fsp3) is 0.407. The topological polar surface area (TPSA) is 79.0 Å². The molecule has 1 N–H and O–H groups in total. The number of nitrogens with zero attached hydrogens (tertiary/aromatic N) is 3. The number of alkyl halides is 5. The Morgan fingerprint density at radius 2 is 1.79 bits per heavy atom. The molecule has 1 aromatic carbocycles. The summed E-state index contributed by atoms with van der Waals surface area (Å²) in [5.41, 5.74) is -0.807. The molecule has 200 valence electrons. The van der Waals surface area contributed by atoms with E-state index in [0.29, 0.717) is 17.6 Å². The fourth-order valence-corrected chi connectivity index (χ4v) is 4.86. The van der Waals surface area contributed by atoms with Gasteiger partial charge in [-0.1, -0.05) is 32.0 Å². The van der Waals surface area contributed by atoms with Crippen LogP contribution >= 0.6 is 0 Å². The summed E-state index contributed by atoms with van der Waals surface area (Å²) < 4.78 is 69.1. The molecule has 2 aromatic heterocycles. The fourth-order valence-electron chi connectivity index (χ4n) is 4.86. The summed E-state index contributed by atoms with van der Waals surface area (Å²) in [6.07, 6.45) is 0.332. The van der Waals surface area contributed by atoms with Crippen LogP contribution in [0.25, 0.3) is 0 Å². The third kappa shape index (κ3) is 4.48. The molecular formula is C27H25F5N4O2. The van der Waals surface area contributed by atoms with Crippen molar-refractivity contribution in [2.75, 3.05) is 6.54 Å². The number of hydrogen-bond acceptors (Lipinski definition) is 4. The number of rotatable bonds is 5. The van der Waals surface area contributed by atoms with Crippen LogP contribution in [0.5, 0.6) is 0 Å². The highest BCUT2D eigenvalue weighted by Gasteiger charge is 2.50. The highest BCUT2D eigenvalue weighted by Crippen LogP contribution is 2.52. The van der Waals surface area contributed by atoms with Gasteiger partial charge in [0, 0.05) is 30.9 Å². The first-order valence-electron chi connectivity index (χ1n) is 12.3. The number of aromatic nitrogens is 3. The molecule has 1 aliphatic carbocycles. The minimum Gasteiger partial charge on any atom is -0.332 e. The van der Waals surface area contributed by atoms with Crippen molar-refractivity contribution < 1.29 is 26.7 Å². The van der Waals surface area contributed by atoms with Gasteiger partial charge >= 0.3 is 12.1 Å². The molecule has 1 saturated carbocycles. The summed E-state index contributed by atoms with van der Waals surface area (Å²) in [5, 5.41) is 0. The van der Waals surface area contributed by atoms with Gasteiger partial charge in [0.15, 0.2) is 0 Å². The Morgan fingerprint density at radius 3 is 2.45 bits per heavy atom. The molecule has 3 heterocycles. The van der Waals surface area contributed by atoms with Crippen molar-refractivity contribution in [3.63, 3.8) is 0 Å². The van der Waals surface area contributed by atoms with Crippen molar-refractivity contribution in [2.24, 2.45) is 0 Å². The number of amides is 1. The quantitative estimate of drug-likeness (QED) is 0.466. The average Bonchev–Trinajstić information content (AvgIpc) is 3.70. The number of fused-ring (bicyclic) bond motifs is 1. The number of aromatic amines is 1. The minimum absolute atomic E-state index is 0.0665. The molecule has 0 bridgehead atoms. The third-order valence-corrected chi connectivity index (χ3v) is 7.36. The molecule has 0 saturated heterocycles. The summed E-state index contributed by atoms with van der Waals surface area (Å²) in [6.45, 7) is 3.56. The van der Waals surface area contributed by atoms with Crippen LogP contribution in [0.15, 0.2) is 47.5 Å². The van der Waals surface area contributed by atoms with Crippen LogP contribution < -0.4 is 5.56 Å². The average molecular weight is 533 g/mol. The summed E-state index contributed by atoms with van der Waals surface area (Å²) >= 11 is 0. The molecule has 3 aromatic rings. The second-order valence-electron chi connectivity index (χ2n) is 10.2. The SMILES string of the molecule is CC(C)c1cncc(C2(c3nc4c(c(=O)[nH]3)CN(C(=O)C(F)(F)c3cccc(C(F)(F)F)c3)CC4)CC2)c1. The van der Waals surface area contributed by atoms with Crippen molar-refractivity contribution in [1.82, 2.24) is 19.9 Å². The first-order chi connectivity index (χ1) is 17.8. The normalized spacial score (nSPS) is 16.9. The van der Waals surface area contributed by atoms with Crippen molar-refractivity contribution in [3.8, 4) is 0 Å². The summed E-state index contributed by atoms with van der Waals surface area (Å²) in [4.78, 5) is 38.4. The molecule has 0 spiro atoms. The van der Waals surface area contributed by atoms with Crippen LogP contribution in [0.4, 0.5) is 22.0 Å². The standard InChI is InChI=1S/C27H25F5N4O2/c1-15(2)16-10-19(13-33-12-16)25(7-8-25)23-34-21-6-9-36(14-20(21)22(37)35-23)24(38)26(28,29)17-4-3-5-18(11-17)27(30,31)32/h3-5,10-13,15H,6-9,14H2,1-2H3,(H,34,35,37). The summed E-state index contributed by atoms with van der Waals surface area (Å²) in [6, 6.07) is 4.60. The molecule has 1 amide bonds. The molecule has 1 fully saturated rings. The van der Waals surface area contributed by atoms with E-state index < -0.39 is 46.7 Å². The predicted molar refractivity (Wildman–Crippen MR) is 128 cm³/mol. The Bertz CT molecular complexity index is 1460. The maximum Gasteiger partial charge on any atom is 0.416 e. The number of benzene rings is 1. The van der Waals surface area contributed by atoms with Crippen molar-refractivity contribution in [3.05, 3.63) is 92.4 Å². The van der Waals surface area contributed by atoms with Gasteiger partial charge in [-0.3, -0.25) is 14.6 Å². The second kappa shape index (κ2) is 8.99. The zero-order valence-corrected chi connectivity index (χ0v) is 20.7. The van der Waals surface area contributed by atoms with E-state index in [1.54, 1.807) is 12.4 Å². The lowest BCUT2D eigenvalue weighted by Gasteiger charge is -2.31. The second-order valence-corrected chi connectivity index (χ2v) is 10.2. The van der Waals surface area contributed by atoms with Crippen LogP contribution in [0.2, 0.25) is 0 Å². The highest BCUT2D eigenvalue weighted by molar-refractivity contribution is 5.85. The predicted octanol–water partition coefficient (Wildman–Crippen LogP) is 5.06. The lowest BCUT2D eigenvalue weighted by Crippen LogP contribution is -2.46. The molecule has 1 aliphatic heterocycles. The number of carbonyl (C=O) groups is 1. The lowest BCUT2D eigenvalue weighted by molar-refractivity contribution is -0.160. The molecule has 6 nitrogen and oxygen atoms in total. The molecule has 11 heteroatoms. The van der Waals surface area contributed by atoms with Crippen molar-refractivity contribution >= 4 is 5.91 Å². The Hall–Kier alpha value is -3.63. The van der Waals surface area contributed by atoms with Crippen LogP contribution in [0.3, 0.4) is 0 Å². The van der Waals surface area contributed by atoms with E-state index in [9.17, 15) is 22.8 Å². The van der Waals surface area contributed by atoms with Gasteiger partial charge in [0.05, 0.1) is 28.8 Å². The summed E-state index contributed by atoms with van der Waals surface area (Å²) in [5.74, 6) is -5.11. The van der Waals surface area contributed by atoms with Crippen LogP contribution in [-0.2, 0) is 35.3 Å². The Labute approximate surface area is 214 Å². The largest absolute Gasteiger partial charge is 0.416 e. The lowest BCUT2D eigenvalue weighted by atomic mass is 9.92. The number of hydrogen-bond donors (Lipinski definition) is 1. The van der Waals surface area contributed by atoms with Crippen LogP contribution in [-0.4, -0.2) is 32.3 Å². The van der Waals surface area contributed by atoms with Gasteiger partial charge in [-0.05, 0) is 42.0 Å². The highest BCUT2D eigenvalue weighted by atomic mass is 19.4. The first kappa shape index (κ1) is 26.0. The number of carbonyl (C=O) groups excluding carboxylic acids is 1. The van der Waals surface area contributed by atoms with E-state index in [1.807, 2.05) is 0 Å². The van der Waals surface area contributed by atoms with Crippen LogP contribution in [0, 0.1) is 0 Å². The van der Waals surface area contributed by atoms with Gasteiger partial charge in [0.1, 0.15) is 5.82 Å². The first-order valence-corrected chi connectivity index (χ1v) is 12.3. The molecule has 0 atom stereocenters. The Morgan fingerprint density at radius 1 is 1.08 bits per heavy atom.